The van der Waals surface area contributed by atoms with Crippen molar-refractivity contribution < 1.29 is 9.53 Å². The average Bonchev–Trinajstić information content (AvgIpc) is 2.88. The van der Waals surface area contributed by atoms with Crippen molar-refractivity contribution >= 4 is 5.97 Å². The summed E-state index contributed by atoms with van der Waals surface area (Å²) in [6.07, 6.45) is 17.2. The second kappa shape index (κ2) is 13.2. The molecule has 0 unspecified atom stereocenters. The number of ether oxygens (including phenoxy) is 1. The normalized spacial score (nSPS) is 20.0. The van der Waals surface area contributed by atoms with Crippen LogP contribution in [0.1, 0.15) is 96.5 Å². The number of nitrogens with zero attached hydrogens (tertiary/aromatic N) is 3. The Hall–Kier alpha value is -2.74. The van der Waals surface area contributed by atoms with E-state index in [2.05, 4.69) is 29.9 Å². The van der Waals surface area contributed by atoms with Gasteiger partial charge in [0.05, 0.1) is 17.4 Å². The van der Waals surface area contributed by atoms with Crippen LogP contribution in [-0.4, -0.2) is 15.9 Å². The molecule has 3 rings (SSSR count). The van der Waals surface area contributed by atoms with E-state index in [9.17, 15) is 10.1 Å². The molecule has 5 nitrogen and oxygen atoms in total. The van der Waals surface area contributed by atoms with Gasteiger partial charge in [-0.3, -0.25) is 4.79 Å². The minimum atomic E-state index is -0.253. The molecule has 182 valence electrons. The Bertz CT molecular complexity index is 923. The number of esters is 1. The van der Waals surface area contributed by atoms with E-state index in [4.69, 9.17) is 4.74 Å². The highest BCUT2D eigenvalue weighted by atomic mass is 16.5. The minimum absolute atomic E-state index is 0.125. The summed E-state index contributed by atoms with van der Waals surface area (Å²) >= 11 is 0. The predicted octanol–water partition coefficient (Wildman–Crippen LogP) is 7.45. The first-order chi connectivity index (χ1) is 16.6. The molecule has 1 fully saturated rings. The summed E-state index contributed by atoms with van der Waals surface area (Å²) in [6.45, 7) is 4.39. The van der Waals surface area contributed by atoms with E-state index in [1.165, 1.54) is 25.7 Å². The molecule has 1 saturated carbocycles. The van der Waals surface area contributed by atoms with Crippen molar-refractivity contribution in [1.29, 1.82) is 5.26 Å². The Morgan fingerprint density at radius 3 is 2.26 bits per heavy atom. The molecule has 0 bridgehead atoms. The minimum Gasteiger partial charge on any atom is -0.426 e. The molecule has 5 heteroatoms. The zero-order valence-electron chi connectivity index (χ0n) is 20.9. The molecule has 1 heterocycles. The lowest BCUT2D eigenvalue weighted by Gasteiger charge is -2.34. The van der Waals surface area contributed by atoms with Crippen LogP contribution in [0.15, 0.2) is 36.7 Å². The third kappa shape index (κ3) is 7.38. The number of benzene rings is 1. The van der Waals surface area contributed by atoms with Gasteiger partial charge in [0.1, 0.15) is 5.75 Å². The number of carbonyl (C=O) groups is 1. The van der Waals surface area contributed by atoms with Gasteiger partial charge in [0.15, 0.2) is 5.82 Å². The van der Waals surface area contributed by atoms with Crippen LogP contribution in [-0.2, 0) is 11.2 Å². The van der Waals surface area contributed by atoms with Crippen LogP contribution >= 0.6 is 0 Å². The molecule has 0 amide bonds. The Morgan fingerprint density at radius 2 is 1.65 bits per heavy atom. The van der Waals surface area contributed by atoms with Gasteiger partial charge in [-0.1, -0.05) is 52.4 Å². The van der Waals surface area contributed by atoms with Crippen molar-refractivity contribution in [3.63, 3.8) is 0 Å². The van der Waals surface area contributed by atoms with Gasteiger partial charge in [0.25, 0.3) is 0 Å². The third-order valence-corrected chi connectivity index (χ3v) is 7.13. The van der Waals surface area contributed by atoms with Crippen molar-refractivity contribution in [2.24, 2.45) is 11.3 Å². The number of aromatic nitrogens is 2. The van der Waals surface area contributed by atoms with E-state index in [1.807, 2.05) is 24.5 Å². The van der Waals surface area contributed by atoms with Crippen LogP contribution in [0.25, 0.3) is 11.4 Å². The van der Waals surface area contributed by atoms with Gasteiger partial charge in [-0.25, -0.2) is 9.97 Å². The van der Waals surface area contributed by atoms with E-state index in [0.29, 0.717) is 11.6 Å². The Morgan fingerprint density at radius 1 is 1.00 bits per heavy atom. The lowest BCUT2D eigenvalue weighted by atomic mass is 9.69. The summed E-state index contributed by atoms with van der Waals surface area (Å²) in [5.74, 6) is 0.910. The van der Waals surface area contributed by atoms with E-state index >= 15 is 0 Å². The lowest BCUT2D eigenvalue weighted by molar-refractivity contribution is -0.140. The summed E-state index contributed by atoms with van der Waals surface area (Å²) < 4.78 is 5.67. The average molecular weight is 462 g/mol. The molecule has 0 aliphatic heterocycles. The van der Waals surface area contributed by atoms with Gasteiger partial charge in [0, 0.05) is 18.0 Å². The summed E-state index contributed by atoms with van der Waals surface area (Å²) in [7, 11) is 0. The van der Waals surface area contributed by atoms with Crippen LogP contribution < -0.4 is 4.74 Å². The smallest absolute Gasteiger partial charge is 0.314 e. The fourth-order valence-electron chi connectivity index (χ4n) is 4.78. The van der Waals surface area contributed by atoms with Crippen molar-refractivity contribution in [1.82, 2.24) is 9.97 Å². The Kier molecular flexibility index (Phi) is 10.1. The molecule has 34 heavy (non-hydrogen) atoms. The second-order valence-electron chi connectivity index (χ2n) is 9.79. The van der Waals surface area contributed by atoms with Gasteiger partial charge in [-0.15, -0.1) is 0 Å². The van der Waals surface area contributed by atoms with Gasteiger partial charge in [-0.2, -0.15) is 5.26 Å². The van der Waals surface area contributed by atoms with Crippen molar-refractivity contribution in [3.05, 3.63) is 42.2 Å². The largest absolute Gasteiger partial charge is 0.426 e. The van der Waals surface area contributed by atoms with E-state index < -0.39 is 0 Å². The Labute approximate surface area is 205 Å². The van der Waals surface area contributed by atoms with Gasteiger partial charge in [0.2, 0.25) is 0 Å². The summed E-state index contributed by atoms with van der Waals surface area (Å²) in [4.78, 5) is 21.7. The zero-order chi connectivity index (χ0) is 24.2. The number of hydrogen-bond donors (Lipinski definition) is 0. The highest BCUT2D eigenvalue weighted by Crippen LogP contribution is 2.42. The van der Waals surface area contributed by atoms with Crippen molar-refractivity contribution in [2.75, 3.05) is 0 Å². The van der Waals surface area contributed by atoms with Crippen LogP contribution in [0.2, 0.25) is 0 Å². The summed E-state index contributed by atoms with van der Waals surface area (Å²) in [5.41, 5.74) is 1.80. The first-order valence-corrected chi connectivity index (χ1v) is 13.1. The highest BCUT2D eigenvalue weighted by molar-refractivity contribution is 5.75. The van der Waals surface area contributed by atoms with E-state index in [-0.39, 0.29) is 17.3 Å². The van der Waals surface area contributed by atoms with Gasteiger partial charge >= 0.3 is 5.97 Å². The molecular weight excluding hydrogens is 422 g/mol. The summed E-state index contributed by atoms with van der Waals surface area (Å²) in [5, 5.41) is 9.80. The first kappa shape index (κ1) is 25.9. The third-order valence-electron chi connectivity index (χ3n) is 7.13. The molecule has 0 saturated heterocycles. The fourth-order valence-corrected chi connectivity index (χ4v) is 4.78. The molecule has 0 N–H and O–H groups in total. The topological polar surface area (TPSA) is 75.9 Å². The van der Waals surface area contributed by atoms with E-state index in [0.717, 1.165) is 68.9 Å². The van der Waals surface area contributed by atoms with Crippen LogP contribution in [0.3, 0.4) is 0 Å². The van der Waals surface area contributed by atoms with Crippen molar-refractivity contribution in [3.8, 4) is 23.2 Å². The molecule has 0 atom stereocenters. The molecule has 0 spiro atoms. The fraction of sp³-hybridized carbons (Fsp3) is 0.586. The number of nitriles is 1. The summed E-state index contributed by atoms with van der Waals surface area (Å²) in [6, 6.07) is 9.99. The number of rotatable bonds is 12. The monoisotopic (exact) mass is 461 g/mol. The zero-order valence-corrected chi connectivity index (χ0v) is 20.9. The second-order valence-corrected chi connectivity index (χ2v) is 9.79. The molecule has 1 aromatic carbocycles. The van der Waals surface area contributed by atoms with Gasteiger partial charge in [-0.05, 0) is 74.8 Å². The van der Waals surface area contributed by atoms with E-state index in [1.54, 1.807) is 12.1 Å². The molecule has 2 aromatic rings. The number of unbranched alkanes of at least 4 members (excludes halogenated alkanes) is 5. The SMILES string of the molecule is CCCCCCC[C@]1(C#N)CC[C@H](C(=O)Oc2ccc(-c3ncc(CCCC)cn3)cc2)CC1. The number of aryl methyl sites for hydroxylation is 1. The maximum atomic E-state index is 12.7. The molecule has 1 aliphatic rings. The standard InChI is InChI=1S/C29H39N3O2/c1-3-5-7-8-9-17-29(22-30)18-15-25(16-19-29)28(33)34-26-13-11-24(12-14-26)27-31-20-23(21-32-27)10-6-4-2/h11-14,20-21,25H,3-10,15-19H2,1-2H3/t25-,29-. The first-order valence-electron chi connectivity index (χ1n) is 13.1. The molecule has 1 aliphatic carbocycles. The van der Waals surface area contributed by atoms with Crippen LogP contribution in [0, 0.1) is 22.7 Å². The maximum Gasteiger partial charge on any atom is 0.314 e. The Balaban J connectivity index is 1.48. The molecule has 0 radical (unpaired) electrons. The quantitative estimate of drug-likeness (QED) is 0.186. The lowest BCUT2D eigenvalue weighted by Crippen LogP contribution is -2.31. The maximum absolute atomic E-state index is 12.7. The highest BCUT2D eigenvalue weighted by Gasteiger charge is 2.37. The van der Waals surface area contributed by atoms with Crippen molar-refractivity contribution in [2.45, 2.75) is 97.3 Å². The van der Waals surface area contributed by atoms with Crippen LogP contribution in [0.5, 0.6) is 5.75 Å². The number of carbonyl (C=O) groups excluding carboxylic acids is 1. The van der Waals surface area contributed by atoms with Crippen LogP contribution in [0.4, 0.5) is 0 Å². The number of hydrogen-bond acceptors (Lipinski definition) is 5. The van der Waals surface area contributed by atoms with Gasteiger partial charge < -0.3 is 4.74 Å². The molecule has 1 aromatic heterocycles. The molecular formula is C29H39N3O2. The predicted molar refractivity (Wildman–Crippen MR) is 135 cm³/mol.